The first-order valence-electron chi connectivity index (χ1n) is 12.7. The number of likely N-dealkylation sites (tertiary alicyclic amines) is 1. The van der Waals surface area contributed by atoms with Crippen molar-refractivity contribution >= 4 is 45.2 Å². The number of nitrogens with one attached hydrogen (secondary N) is 2. The van der Waals surface area contributed by atoms with Gasteiger partial charge in [0.1, 0.15) is 10.8 Å². The van der Waals surface area contributed by atoms with E-state index in [0.29, 0.717) is 17.4 Å². The van der Waals surface area contributed by atoms with Gasteiger partial charge in [0.05, 0.1) is 17.0 Å². The number of rotatable bonds is 12. The second-order valence-corrected chi connectivity index (χ2v) is 10.4. The minimum absolute atomic E-state index is 0.172. The molecule has 0 radical (unpaired) electrons. The number of pyridine rings is 2. The largest absolute Gasteiger partial charge is 0.315 e. The topological polar surface area (TPSA) is 103 Å². The molecule has 2 N–H and O–H groups in total. The van der Waals surface area contributed by atoms with Crippen LogP contribution in [0.3, 0.4) is 0 Å². The van der Waals surface area contributed by atoms with Crippen molar-refractivity contribution in [3.63, 3.8) is 0 Å². The first-order chi connectivity index (χ1) is 17.0. The number of anilines is 2. The van der Waals surface area contributed by atoms with Crippen LogP contribution in [0, 0.1) is 5.41 Å². The molecule has 4 heterocycles. The maximum Gasteiger partial charge on any atom is 0.211 e. The molecule has 0 spiro atoms. The average molecular weight is 493 g/mol. The molecule has 0 aliphatic carbocycles. The van der Waals surface area contributed by atoms with Gasteiger partial charge < -0.3 is 15.6 Å². The Kier molecular flexibility index (Phi) is 8.87. The smallest absolute Gasteiger partial charge is 0.211 e. The van der Waals surface area contributed by atoms with Gasteiger partial charge in [0.2, 0.25) is 5.13 Å². The summed E-state index contributed by atoms with van der Waals surface area (Å²) in [6, 6.07) is 5.90. The molecule has 3 aromatic heterocycles. The van der Waals surface area contributed by atoms with Gasteiger partial charge in [0, 0.05) is 30.6 Å². The van der Waals surface area contributed by atoms with Gasteiger partial charge in [-0.15, -0.1) is 10.2 Å². The lowest BCUT2D eigenvalue weighted by Gasteiger charge is -2.15. The Morgan fingerprint density at radius 2 is 2.06 bits per heavy atom. The highest BCUT2D eigenvalue weighted by molar-refractivity contribution is 7.15. The van der Waals surface area contributed by atoms with E-state index in [4.69, 9.17) is 15.4 Å². The van der Waals surface area contributed by atoms with Crippen LogP contribution in [0.2, 0.25) is 0 Å². The third-order valence-electron chi connectivity index (χ3n) is 6.20. The molecule has 0 bridgehead atoms. The fourth-order valence-electron chi connectivity index (χ4n) is 4.26. The molecule has 9 heteroatoms. The number of nitrogens with zero attached hydrogens (tertiary/aromatic N) is 6. The summed E-state index contributed by atoms with van der Waals surface area (Å²) >= 11 is 1.54. The van der Waals surface area contributed by atoms with Gasteiger partial charge >= 0.3 is 0 Å². The molecule has 1 saturated heterocycles. The highest BCUT2D eigenvalue weighted by Gasteiger charge is 2.17. The van der Waals surface area contributed by atoms with Crippen LogP contribution in [0.5, 0.6) is 0 Å². The first kappa shape index (κ1) is 25.3. The van der Waals surface area contributed by atoms with E-state index in [1.54, 1.807) is 11.3 Å². The summed E-state index contributed by atoms with van der Waals surface area (Å²) in [6.07, 6.45) is 9.18. The molecule has 1 unspecified atom stereocenters. The van der Waals surface area contributed by atoms with Crippen molar-refractivity contribution in [3.8, 4) is 0 Å². The molecular formula is C26H36N8S. The SMILES string of the molecule is CCCC(=N)C(C=NCCCN1CCCC1)c1cnc2ccc(Nc3nnc(C(C)C)s3)nc2c1. The Balaban J connectivity index is 1.49. The summed E-state index contributed by atoms with van der Waals surface area (Å²) < 4.78 is 0. The lowest BCUT2D eigenvalue weighted by Crippen LogP contribution is -2.21. The number of aromatic nitrogens is 4. The van der Waals surface area contributed by atoms with Crippen LogP contribution >= 0.6 is 11.3 Å². The van der Waals surface area contributed by atoms with Gasteiger partial charge in [0.25, 0.3) is 0 Å². The second kappa shape index (κ2) is 12.3. The van der Waals surface area contributed by atoms with Crippen molar-refractivity contribution < 1.29 is 0 Å². The summed E-state index contributed by atoms with van der Waals surface area (Å²) in [5.41, 5.74) is 3.24. The average Bonchev–Trinajstić information content (AvgIpc) is 3.53. The van der Waals surface area contributed by atoms with Gasteiger partial charge in [-0.25, -0.2) is 4.98 Å². The van der Waals surface area contributed by atoms with Crippen molar-refractivity contribution in [2.75, 3.05) is 31.5 Å². The Bertz CT molecular complexity index is 1150. The number of hydrogen-bond donors (Lipinski definition) is 2. The molecule has 8 nitrogen and oxygen atoms in total. The minimum atomic E-state index is -0.172. The van der Waals surface area contributed by atoms with E-state index in [2.05, 4.69) is 46.2 Å². The zero-order chi connectivity index (χ0) is 24.6. The quantitative estimate of drug-likeness (QED) is 0.244. The van der Waals surface area contributed by atoms with E-state index < -0.39 is 0 Å². The van der Waals surface area contributed by atoms with Gasteiger partial charge in [-0.2, -0.15) is 0 Å². The van der Waals surface area contributed by atoms with E-state index in [0.717, 1.165) is 59.1 Å². The summed E-state index contributed by atoms with van der Waals surface area (Å²) in [6.45, 7) is 10.7. The van der Waals surface area contributed by atoms with E-state index >= 15 is 0 Å². The zero-order valence-corrected chi connectivity index (χ0v) is 21.8. The monoisotopic (exact) mass is 492 g/mol. The Morgan fingerprint density at radius 1 is 1.23 bits per heavy atom. The highest BCUT2D eigenvalue weighted by atomic mass is 32.1. The van der Waals surface area contributed by atoms with Crippen LogP contribution in [-0.2, 0) is 0 Å². The van der Waals surface area contributed by atoms with E-state index in [9.17, 15) is 0 Å². The maximum absolute atomic E-state index is 8.66. The van der Waals surface area contributed by atoms with Crippen LogP contribution in [-0.4, -0.2) is 63.2 Å². The van der Waals surface area contributed by atoms with Crippen molar-refractivity contribution in [1.82, 2.24) is 25.1 Å². The molecule has 1 aliphatic rings. The predicted molar refractivity (Wildman–Crippen MR) is 146 cm³/mol. The van der Waals surface area contributed by atoms with Crippen LogP contribution in [0.4, 0.5) is 10.9 Å². The van der Waals surface area contributed by atoms with E-state index in [1.165, 1.54) is 25.9 Å². The van der Waals surface area contributed by atoms with Crippen LogP contribution < -0.4 is 5.32 Å². The lowest BCUT2D eigenvalue weighted by molar-refractivity contribution is 0.336. The van der Waals surface area contributed by atoms with E-state index in [-0.39, 0.29) is 5.92 Å². The molecule has 186 valence electrons. The lowest BCUT2D eigenvalue weighted by atomic mass is 9.93. The van der Waals surface area contributed by atoms with Crippen LogP contribution in [0.1, 0.15) is 75.3 Å². The van der Waals surface area contributed by atoms with Crippen molar-refractivity contribution in [2.45, 2.75) is 64.7 Å². The fourth-order valence-corrected chi connectivity index (χ4v) is 5.02. The standard InChI is InChI=1S/C26H36N8S/c1-4-8-21(27)20(17-28-11-7-14-34-12-5-6-13-34)19-15-23-22(29-16-19)9-10-24(30-23)31-26-33-32-25(35-26)18(2)3/h9-10,15-18,20,27H,4-8,11-14H2,1-3H3,(H,30,31,33). The molecule has 4 rings (SSSR count). The Hall–Kier alpha value is -2.78. The van der Waals surface area contributed by atoms with Gasteiger partial charge in [-0.1, -0.05) is 38.5 Å². The normalized spacial score (nSPS) is 15.4. The van der Waals surface area contributed by atoms with Gasteiger partial charge in [-0.3, -0.25) is 9.98 Å². The number of aliphatic imine (C=N–C) groups is 1. The zero-order valence-electron chi connectivity index (χ0n) is 21.0. The number of hydrogen-bond acceptors (Lipinski definition) is 9. The first-order valence-corrected chi connectivity index (χ1v) is 13.5. The molecule has 35 heavy (non-hydrogen) atoms. The summed E-state index contributed by atoms with van der Waals surface area (Å²) in [5.74, 6) is 0.879. The third kappa shape index (κ3) is 6.89. The Morgan fingerprint density at radius 3 is 2.80 bits per heavy atom. The summed E-state index contributed by atoms with van der Waals surface area (Å²) in [5, 5.41) is 22.1. The predicted octanol–water partition coefficient (Wildman–Crippen LogP) is 5.81. The third-order valence-corrected chi connectivity index (χ3v) is 7.34. The summed E-state index contributed by atoms with van der Waals surface area (Å²) in [4.78, 5) is 16.6. The summed E-state index contributed by atoms with van der Waals surface area (Å²) in [7, 11) is 0. The molecule has 3 aromatic rings. The molecule has 0 aromatic carbocycles. The van der Waals surface area contributed by atoms with Gasteiger partial charge in [-0.05, 0) is 69.1 Å². The minimum Gasteiger partial charge on any atom is -0.315 e. The molecular weight excluding hydrogens is 456 g/mol. The van der Waals surface area contributed by atoms with Crippen molar-refractivity contribution in [1.29, 1.82) is 5.41 Å². The van der Waals surface area contributed by atoms with Crippen LogP contribution in [0.25, 0.3) is 11.0 Å². The van der Waals surface area contributed by atoms with Crippen molar-refractivity contribution in [2.24, 2.45) is 4.99 Å². The molecule has 0 saturated carbocycles. The Labute approximate surface area is 211 Å². The molecule has 1 fully saturated rings. The van der Waals surface area contributed by atoms with Crippen molar-refractivity contribution in [3.05, 3.63) is 35.0 Å². The molecule has 0 amide bonds. The second-order valence-electron chi connectivity index (χ2n) is 9.44. The number of fused-ring (bicyclic) bond motifs is 1. The van der Waals surface area contributed by atoms with Gasteiger partial charge in [0.15, 0.2) is 0 Å². The molecule has 1 aliphatic heterocycles. The van der Waals surface area contributed by atoms with Crippen LogP contribution in [0.15, 0.2) is 29.4 Å². The van der Waals surface area contributed by atoms with E-state index in [1.807, 2.05) is 30.6 Å². The molecule has 1 atom stereocenters. The highest BCUT2D eigenvalue weighted by Crippen LogP contribution is 2.26. The fraction of sp³-hybridized carbons (Fsp3) is 0.538. The maximum atomic E-state index is 8.66.